The van der Waals surface area contributed by atoms with Crippen LogP contribution in [0.15, 0.2) is 71.7 Å². The number of nitriles is 1. The first kappa shape index (κ1) is 20.6. The summed E-state index contributed by atoms with van der Waals surface area (Å²) in [4.78, 5) is 29.7. The van der Waals surface area contributed by atoms with E-state index in [0.717, 1.165) is 12.0 Å². The molecule has 0 aliphatic rings. The number of fused-ring (bicyclic) bond motifs is 1. The van der Waals surface area contributed by atoms with Gasteiger partial charge in [-0.3, -0.25) is 14.0 Å². The summed E-state index contributed by atoms with van der Waals surface area (Å²) in [5.74, 6) is -0.114. The maximum absolute atomic E-state index is 13.1. The normalized spacial score (nSPS) is 11.0. The maximum Gasteiger partial charge on any atom is 0.269 e. The van der Waals surface area contributed by atoms with E-state index < -0.39 is 11.5 Å². The summed E-state index contributed by atoms with van der Waals surface area (Å²) < 4.78 is 7.21. The molecular weight excluding hydrogens is 380 g/mol. The second-order valence-electron chi connectivity index (χ2n) is 6.33. The lowest BCUT2D eigenvalue weighted by Crippen LogP contribution is -2.25. The van der Waals surface area contributed by atoms with Gasteiger partial charge < -0.3 is 10.1 Å². The van der Waals surface area contributed by atoms with Crippen molar-refractivity contribution in [1.29, 1.82) is 5.26 Å². The van der Waals surface area contributed by atoms with Crippen molar-refractivity contribution in [2.75, 3.05) is 6.54 Å². The molecule has 7 nitrogen and oxygen atoms in total. The predicted octanol–water partition coefficient (Wildman–Crippen LogP) is 3.26. The summed E-state index contributed by atoms with van der Waals surface area (Å²) in [5, 5.41) is 11.9. The third-order valence-corrected chi connectivity index (χ3v) is 4.34. The Balaban J connectivity index is 2.13. The third-order valence-electron chi connectivity index (χ3n) is 4.34. The van der Waals surface area contributed by atoms with Crippen LogP contribution in [0.3, 0.4) is 0 Å². The summed E-state index contributed by atoms with van der Waals surface area (Å²) in [6.07, 6.45) is 5.14. The number of pyridine rings is 1. The van der Waals surface area contributed by atoms with E-state index in [2.05, 4.69) is 16.9 Å². The highest BCUT2D eigenvalue weighted by atomic mass is 16.5. The number of hydrogen-bond acceptors (Lipinski definition) is 5. The molecule has 0 saturated carbocycles. The Kier molecular flexibility index (Phi) is 6.40. The molecule has 2 aromatic heterocycles. The van der Waals surface area contributed by atoms with Crippen LogP contribution in [0.4, 0.5) is 0 Å². The Labute approximate surface area is 173 Å². The molecule has 1 N–H and O–H groups in total. The van der Waals surface area contributed by atoms with Gasteiger partial charge in [-0.1, -0.05) is 31.2 Å². The lowest BCUT2D eigenvalue weighted by molar-refractivity contribution is -0.116. The number of nitrogens with zero attached hydrogens (tertiary/aromatic N) is 3. The predicted molar refractivity (Wildman–Crippen MR) is 114 cm³/mol. The summed E-state index contributed by atoms with van der Waals surface area (Å²) in [5.41, 5.74) is 0.834. The van der Waals surface area contributed by atoms with E-state index in [1.807, 2.05) is 25.1 Å². The number of nitrogens with one attached hydrogen (secondary N) is 1. The largest absolute Gasteiger partial charge is 0.438 e. The molecule has 0 radical (unpaired) electrons. The topological polar surface area (TPSA) is 96.5 Å². The van der Waals surface area contributed by atoms with Crippen LogP contribution in [0.25, 0.3) is 11.7 Å². The minimum absolute atomic E-state index is 0.00331. The standard InChI is InChI=1S/C23H20N4O3/c1-3-12-25-21(28)17(15-24)14-19-22(30-18-10-8-16(4-2)9-11-18)26-20-7-5-6-13-27(20)23(19)29/h3,5-11,13-14H,1,4,12H2,2H3,(H,25,28)/b17-14-. The van der Waals surface area contributed by atoms with Crippen molar-refractivity contribution in [1.82, 2.24) is 14.7 Å². The van der Waals surface area contributed by atoms with Crippen molar-refractivity contribution in [2.24, 2.45) is 0 Å². The Bertz CT molecular complexity index is 1220. The van der Waals surface area contributed by atoms with Gasteiger partial charge in [-0.2, -0.15) is 10.2 Å². The SMILES string of the molecule is C=CCNC(=O)/C(C#N)=C\c1c(Oc2ccc(CC)cc2)nc2ccccn2c1=O. The third kappa shape index (κ3) is 4.45. The van der Waals surface area contributed by atoms with Crippen LogP contribution in [0, 0.1) is 11.3 Å². The molecule has 30 heavy (non-hydrogen) atoms. The van der Waals surface area contributed by atoms with Crippen molar-refractivity contribution < 1.29 is 9.53 Å². The summed E-state index contributed by atoms with van der Waals surface area (Å²) >= 11 is 0. The van der Waals surface area contributed by atoms with Gasteiger partial charge in [0, 0.05) is 12.7 Å². The van der Waals surface area contributed by atoms with Crippen LogP contribution in [0.2, 0.25) is 0 Å². The first-order valence-electron chi connectivity index (χ1n) is 9.36. The Morgan fingerprint density at radius 2 is 2.07 bits per heavy atom. The van der Waals surface area contributed by atoms with Crippen LogP contribution in [-0.4, -0.2) is 21.8 Å². The lowest BCUT2D eigenvalue weighted by Gasteiger charge is -2.10. The van der Waals surface area contributed by atoms with Crippen LogP contribution in [0.1, 0.15) is 18.1 Å². The van der Waals surface area contributed by atoms with Gasteiger partial charge in [0.25, 0.3) is 11.5 Å². The van der Waals surface area contributed by atoms with Gasteiger partial charge in [-0.15, -0.1) is 6.58 Å². The van der Waals surface area contributed by atoms with Crippen molar-refractivity contribution in [3.05, 3.63) is 88.4 Å². The molecule has 2 heterocycles. The fourth-order valence-electron chi connectivity index (χ4n) is 2.74. The van der Waals surface area contributed by atoms with Gasteiger partial charge in [0.1, 0.15) is 28.6 Å². The van der Waals surface area contributed by atoms with Crippen molar-refractivity contribution >= 4 is 17.6 Å². The highest BCUT2D eigenvalue weighted by molar-refractivity contribution is 6.02. The molecule has 1 aromatic carbocycles. The van der Waals surface area contributed by atoms with Gasteiger partial charge in [-0.05, 0) is 42.3 Å². The van der Waals surface area contributed by atoms with E-state index >= 15 is 0 Å². The molecule has 1 amide bonds. The van der Waals surface area contributed by atoms with E-state index in [4.69, 9.17) is 4.74 Å². The molecule has 0 fully saturated rings. The molecule has 7 heteroatoms. The number of aryl methyl sites for hydroxylation is 1. The molecule has 0 bridgehead atoms. The molecule has 3 aromatic rings. The number of carbonyl (C=O) groups excluding carboxylic acids is 1. The summed E-state index contributed by atoms with van der Waals surface area (Å²) in [7, 11) is 0. The molecule has 0 saturated heterocycles. The fourth-order valence-corrected chi connectivity index (χ4v) is 2.74. The van der Waals surface area contributed by atoms with E-state index in [-0.39, 0.29) is 23.6 Å². The van der Waals surface area contributed by atoms with Crippen molar-refractivity contribution in [3.8, 4) is 17.7 Å². The van der Waals surface area contributed by atoms with E-state index in [9.17, 15) is 14.9 Å². The summed E-state index contributed by atoms with van der Waals surface area (Å²) in [6, 6.07) is 14.3. The zero-order valence-electron chi connectivity index (χ0n) is 16.5. The van der Waals surface area contributed by atoms with Crippen molar-refractivity contribution in [3.63, 3.8) is 0 Å². The van der Waals surface area contributed by atoms with Crippen LogP contribution in [0.5, 0.6) is 11.6 Å². The van der Waals surface area contributed by atoms with Crippen LogP contribution in [-0.2, 0) is 11.2 Å². The van der Waals surface area contributed by atoms with Gasteiger partial charge in [0.15, 0.2) is 0 Å². The quantitative estimate of drug-likeness (QED) is 0.373. The number of ether oxygens (including phenoxy) is 1. The Hall–Kier alpha value is -4.18. The molecule has 0 aliphatic heterocycles. The molecular formula is C23H20N4O3. The molecule has 150 valence electrons. The fraction of sp³-hybridized carbons (Fsp3) is 0.130. The summed E-state index contributed by atoms with van der Waals surface area (Å²) in [6.45, 7) is 5.76. The van der Waals surface area contributed by atoms with Gasteiger partial charge in [-0.25, -0.2) is 0 Å². The highest BCUT2D eigenvalue weighted by Gasteiger charge is 2.17. The Morgan fingerprint density at radius 1 is 1.30 bits per heavy atom. The first-order valence-corrected chi connectivity index (χ1v) is 9.36. The van der Waals surface area contributed by atoms with E-state index in [1.165, 1.54) is 16.6 Å². The number of carbonyl (C=O) groups is 1. The van der Waals surface area contributed by atoms with Crippen LogP contribution >= 0.6 is 0 Å². The molecule has 0 atom stereocenters. The average Bonchev–Trinajstić information content (AvgIpc) is 2.78. The van der Waals surface area contributed by atoms with E-state index in [0.29, 0.717) is 11.4 Å². The minimum Gasteiger partial charge on any atom is -0.438 e. The number of rotatable bonds is 7. The van der Waals surface area contributed by atoms with E-state index in [1.54, 1.807) is 36.5 Å². The second-order valence-corrected chi connectivity index (χ2v) is 6.33. The van der Waals surface area contributed by atoms with Crippen molar-refractivity contribution in [2.45, 2.75) is 13.3 Å². The number of amides is 1. The monoisotopic (exact) mass is 400 g/mol. The lowest BCUT2D eigenvalue weighted by atomic mass is 10.1. The van der Waals surface area contributed by atoms with Gasteiger partial charge >= 0.3 is 0 Å². The second kappa shape index (κ2) is 9.34. The van der Waals surface area contributed by atoms with Crippen LogP contribution < -0.4 is 15.6 Å². The number of hydrogen-bond donors (Lipinski definition) is 1. The average molecular weight is 400 g/mol. The smallest absolute Gasteiger partial charge is 0.269 e. The highest BCUT2D eigenvalue weighted by Crippen LogP contribution is 2.24. The number of benzene rings is 1. The van der Waals surface area contributed by atoms with Gasteiger partial charge in [0.2, 0.25) is 5.88 Å². The zero-order valence-corrected chi connectivity index (χ0v) is 16.5. The van der Waals surface area contributed by atoms with Gasteiger partial charge in [0.05, 0.1) is 0 Å². The Morgan fingerprint density at radius 3 is 2.73 bits per heavy atom. The maximum atomic E-state index is 13.1. The molecule has 0 aliphatic carbocycles. The zero-order chi connectivity index (χ0) is 21.5. The first-order chi connectivity index (χ1) is 14.6. The number of aromatic nitrogens is 2. The molecule has 3 rings (SSSR count). The minimum atomic E-state index is -0.617. The molecule has 0 unspecified atom stereocenters. The molecule has 0 spiro atoms.